The van der Waals surface area contributed by atoms with Crippen LogP contribution in [0.25, 0.3) is 22.3 Å². The number of para-hydroxylation sites is 1. The summed E-state index contributed by atoms with van der Waals surface area (Å²) in [6.07, 6.45) is 1.54. The van der Waals surface area contributed by atoms with E-state index in [9.17, 15) is 14.0 Å². The average molecular weight is 702 g/mol. The van der Waals surface area contributed by atoms with Crippen LogP contribution in [-0.4, -0.2) is 42.1 Å². The standard InChI is InChI=1S/C36H34BrFN4O5/c1-6-46-32-16-23(15-29(37)34(32)47-20-33(43)40-25-11-9-10-24(38)17-25)19-39-42-35(41-30-13-8-7-12-26(30)36(42)44)28-18-27(21(2)3)31(45-5)14-22(28)4/h7-19,21H,6,20H2,1-5H3,(H,40,43). The summed E-state index contributed by atoms with van der Waals surface area (Å²) in [6.45, 7) is 7.90. The number of carbonyl (C=O) groups excluding carboxylic acids is 1. The number of fused-ring (bicyclic) bond motifs is 1. The smallest absolute Gasteiger partial charge is 0.282 e. The summed E-state index contributed by atoms with van der Waals surface area (Å²) < 4.78 is 32.6. The molecular weight excluding hydrogens is 667 g/mol. The third-order valence-corrected chi connectivity index (χ3v) is 7.89. The molecule has 242 valence electrons. The van der Waals surface area contributed by atoms with Gasteiger partial charge in [0.15, 0.2) is 23.9 Å². The highest BCUT2D eigenvalue weighted by Crippen LogP contribution is 2.37. The molecule has 4 aromatic carbocycles. The van der Waals surface area contributed by atoms with E-state index in [1.807, 2.05) is 32.0 Å². The predicted octanol–water partition coefficient (Wildman–Crippen LogP) is 7.70. The number of aryl methyl sites for hydroxylation is 1. The fourth-order valence-corrected chi connectivity index (χ4v) is 5.64. The van der Waals surface area contributed by atoms with Gasteiger partial charge < -0.3 is 19.5 Å². The van der Waals surface area contributed by atoms with Gasteiger partial charge in [0, 0.05) is 11.3 Å². The zero-order chi connectivity index (χ0) is 33.7. The monoisotopic (exact) mass is 700 g/mol. The van der Waals surface area contributed by atoms with Crippen LogP contribution in [-0.2, 0) is 4.79 Å². The first-order valence-corrected chi connectivity index (χ1v) is 15.8. The van der Waals surface area contributed by atoms with Gasteiger partial charge in [0.2, 0.25) is 0 Å². The van der Waals surface area contributed by atoms with Gasteiger partial charge in [0.25, 0.3) is 11.5 Å². The molecule has 0 aliphatic heterocycles. The maximum atomic E-state index is 13.9. The van der Waals surface area contributed by atoms with Crippen LogP contribution in [0.4, 0.5) is 10.1 Å². The zero-order valence-electron chi connectivity index (χ0n) is 26.6. The lowest BCUT2D eigenvalue weighted by atomic mass is 9.96. The molecule has 0 aliphatic rings. The Morgan fingerprint density at radius 1 is 1.06 bits per heavy atom. The lowest BCUT2D eigenvalue weighted by Gasteiger charge is -2.17. The average Bonchev–Trinajstić information content (AvgIpc) is 3.03. The van der Waals surface area contributed by atoms with E-state index in [2.05, 4.69) is 40.2 Å². The van der Waals surface area contributed by atoms with Crippen molar-refractivity contribution in [1.29, 1.82) is 0 Å². The molecular formula is C36H34BrFN4O5. The molecule has 0 fully saturated rings. The molecule has 11 heteroatoms. The molecule has 0 saturated heterocycles. The minimum Gasteiger partial charge on any atom is -0.496 e. The number of methoxy groups -OCH3 is 1. The van der Waals surface area contributed by atoms with Crippen molar-refractivity contribution in [2.45, 2.75) is 33.6 Å². The first kappa shape index (κ1) is 33.3. The van der Waals surface area contributed by atoms with Crippen LogP contribution < -0.4 is 25.1 Å². The van der Waals surface area contributed by atoms with E-state index < -0.39 is 11.7 Å². The number of halogens is 2. The topological polar surface area (TPSA) is 104 Å². The molecule has 1 aromatic heterocycles. The van der Waals surface area contributed by atoms with Crippen molar-refractivity contribution < 1.29 is 23.4 Å². The largest absolute Gasteiger partial charge is 0.496 e. The van der Waals surface area contributed by atoms with Gasteiger partial charge in [0.05, 0.1) is 35.3 Å². The van der Waals surface area contributed by atoms with Crippen LogP contribution in [0.5, 0.6) is 17.2 Å². The lowest BCUT2D eigenvalue weighted by molar-refractivity contribution is -0.118. The number of aromatic nitrogens is 2. The molecule has 1 heterocycles. The Kier molecular flexibility index (Phi) is 10.4. The van der Waals surface area contributed by atoms with E-state index in [4.69, 9.17) is 19.2 Å². The Balaban J connectivity index is 1.52. The SMILES string of the molecule is CCOc1cc(C=Nn2c(-c3cc(C(C)C)c(OC)cc3C)nc3ccccc3c2=O)cc(Br)c1OCC(=O)Nc1cccc(F)c1. The summed E-state index contributed by atoms with van der Waals surface area (Å²) in [6, 6.07) is 20.1. The maximum Gasteiger partial charge on any atom is 0.282 e. The van der Waals surface area contributed by atoms with Crippen LogP contribution in [0.15, 0.2) is 87.2 Å². The third-order valence-electron chi connectivity index (χ3n) is 7.30. The Labute approximate surface area is 280 Å². The molecule has 1 amide bonds. The molecule has 0 spiro atoms. The number of hydrogen-bond acceptors (Lipinski definition) is 7. The van der Waals surface area contributed by atoms with Gasteiger partial charge in [-0.05, 0) is 107 Å². The van der Waals surface area contributed by atoms with E-state index in [0.717, 1.165) is 22.4 Å². The lowest BCUT2D eigenvalue weighted by Crippen LogP contribution is -2.21. The second-order valence-electron chi connectivity index (χ2n) is 11.0. The second kappa shape index (κ2) is 14.6. The van der Waals surface area contributed by atoms with E-state index in [0.29, 0.717) is 50.6 Å². The molecule has 0 atom stereocenters. The van der Waals surface area contributed by atoms with Crippen LogP contribution in [0.3, 0.4) is 0 Å². The molecule has 0 unspecified atom stereocenters. The van der Waals surface area contributed by atoms with E-state index in [1.54, 1.807) is 43.5 Å². The number of ether oxygens (including phenoxy) is 3. The molecule has 0 saturated carbocycles. The molecule has 47 heavy (non-hydrogen) atoms. The maximum absolute atomic E-state index is 13.9. The van der Waals surface area contributed by atoms with Gasteiger partial charge in [-0.25, -0.2) is 9.37 Å². The first-order valence-electron chi connectivity index (χ1n) is 15.0. The van der Waals surface area contributed by atoms with Crippen LogP contribution >= 0.6 is 15.9 Å². The normalized spacial score (nSPS) is 11.3. The van der Waals surface area contributed by atoms with E-state index in [1.165, 1.54) is 29.1 Å². The number of hydrogen-bond donors (Lipinski definition) is 1. The third kappa shape index (κ3) is 7.52. The fourth-order valence-electron chi connectivity index (χ4n) is 5.06. The van der Waals surface area contributed by atoms with Gasteiger partial charge in [0.1, 0.15) is 11.6 Å². The van der Waals surface area contributed by atoms with Crippen molar-refractivity contribution in [3.05, 3.63) is 110 Å². The highest BCUT2D eigenvalue weighted by Gasteiger charge is 2.19. The highest BCUT2D eigenvalue weighted by atomic mass is 79.9. The second-order valence-corrected chi connectivity index (χ2v) is 11.8. The number of rotatable bonds is 11. The van der Waals surface area contributed by atoms with Gasteiger partial charge in [-0.15, -0.1) is 0 Å². The van der Waals surface area contributed by atoms with Crippen molar-refractivity contribution in [1.82, 2.24) is 9.66 Å². The quantitative estimate of drug-likeness (QED) is 0.142. The number of amides is 1. The van der Waals surface area contributed by atoms with Crippen LogP contribution in [0.2, 0.25) is 0 Å². The summed E-state index contributed by atoms with van der Waals surface area (Å²) in [4.78, 5) is 31.3. The number of nitrogens with one attached hydrogen (secondary N) is 1. The fraction of sp³-hybridized carbons (Fsp3) is 0.222. The van der Waals surface area contributed by atoms with Crippen molar-refractivity contribution >= 4 is 44.6 Å². The van der Waals surface area contributed by atoms with Gasteiger partial charge in [-0.3, -0.25) is 9.59 Å². The molecule has 0 aliphatic carbocycles. The highest BCUT2D eigenvalue weighted by molar-refractivity contribution is 9.10. The summed E-state index contributed by atoms with van der Waals surface area (Å²) in [5.41, 5.74) is 3.76. The molecule has 5 aromatic rings. The van der Waals surface area contributed by atoms with Crippen molar-refractivity contribution in [2.75, 3.05) is 25.6 Å². The molecule has 0 bridgehead atoms. The number of nitrogens with zero attached hydrogens (tertiary/aromatic N) is 3. The Bertz CT molecular complexity index is 2040. The molecule has 0 radical (unpaired) electrons. The summed E-state index contributed by atoms with van der Waals surface area (Å²) in [5.74, 6) is 1.05. The van der Waals surface area contributed by atoms with E-state index in [-0.39, 0.29) is 18.1 Å². The summed E-state index contributed by atoms with van der Waals surface area (Å²) in [7, 11) is 1.64. The zero-order valence-corrected chi connectivity index (χ0v) is 28.2. The van der Waals surface area contributed by atoms with Crippen molar-refractivity contribution in [2.24, 2.45) is 5.10 Å². The van der Waals surface area contributed by atoms with Gasteiger partial charge in [-0.2, -0.15) is 9.78 Å². The molecule has 9 nitrogen and oxygen atoms in total. The van der Waals surface area contributed by atoms with Crippen LogP contribution in [0, 0.1) is 12.7 Å². The Hall–Kier alpha value is -5.03. The Morgan fingerprint density at radius 2 is 1.85 bits per heavy atom. The predicted molar refractivity (Wildman–Crippen MR) is 186 cm³/mol. The van der Waals surface area contributed by atoms with Crippen molar-refractivity contribution in [3.63, 3.8) is 0 Å². The van der Waals surface area contributed by atoms with E-state index >= 15 is 0 Å². The number of anilines is 1. The minimum atomic E-state index is -0.472. The summed E-state index contributed by atoms with van der Waals surface area (Å²) in [5, 5.41) is 7.67. The Morgan fingerprint density at radius 3 is 2.57 bits per heavy atom. The molecule has 5 rings (SSSR count). The molecule has 1 N–H and O–H groups in total. The van der Waals surface area contributed by atoms with Crippen molar-refractivity contribution in [3.8, 4) is 28.6 Å². The van der Waals surface area contributed by atoms with Crippen LogP contribution in [0.1, 0.15) is 43.4 Å². The number of benzene rings is 4. The minimum absolute atomic E-state index is 0.163. The van der Waals surface area contributed by atoms with Gasteiger partial charge in [-0.1, -0.05) is 32.0 Å². The summed E-state index contributed by atoms with van der Waals surface area (Å²) >= 11 is 3.52. The first-order chi connectivity index (χ1) is 22.6. The van der Waals surface area contributed by atoms with Gasteiger partial charge >= 0.3 is 0 Å². The number of carbonyl (C=O) groups is 1.